The summed E-state index contributed by atoms with van der Waals surface area (Å²) < 4.78 is 12.1. The Kier molecular flexibility index (Phi) is 6.60. The van der Waals surface area contributed by atoms with Crippen molar-refractivity contribution in [3.8, 4) is 11.5 Å². The molecule has 0 atom stereocenters. The topological polar surface area (TPSA) is 99.5 Å². The molecule has 4 aromatic rings. The van der Waals surface area contributed by atoms with Crippen molar-refractivity contribution < 1.29 is 19.1 Å². The molecular weight excluding hydrogens is 458 g/mol. The third kappa shape index (κ3) is 4.62. The Morgan fingerprint density at radius 2 is 1.79 bits per heavy atom. The Balaban J connectivity index is 1.78. The monoisotopic (exact) mass is 477 g/mol. The zero-order valence-electron chi connectivity index (χ0n) is 18.4. The maximum absolute atomic E-state index is 13.2. The van der Waals surface area contributed by atoms with Crippen LogP contribution in [0, 0.1) is 0 Å². The summed E-state index contributed by atoms with van der Waals surface area (Å²) in [4.78, 5) is 43.1. The van der Waals surface area contributed by atoms with Gasteiger partial charge < -0.3 is 19.4 Å². The Labute approximate surface area is 199 Å². The summed E-state index contributed by atoms with van der Waals surface area (Å²) in [6.07, 6.45) is 4.34. The van der Waals surface area contributed by atoms with E-state index in [-0.39, 0.29) is 17.5 Å². The molecule has 0 unspecified atom stereocenters. The van der Waals surface area contributed by atoms with Gasteiger partial charge in [-0.15, -0.1) is 0 Å². The van der Waals surface area contributed by atoms with E-state index in [2.05, 4.69) is 10.3 Å². The number of ether oxygens (including phenoxy) is 2. The number of amides is 1. The zero-order chi connectivity index (χ0) is 24.2. The number of anilines is 1. The molecule has 0 radical (unpaired) electrons. The van der Waals surface area contributed by atoms with Crippen LogP contribution < -0.4 is 20.2 Å². The molecule has 172 valence electrons. The number of halogens is 1. The third-order valence-corrected chi connectivity index (χ3v) is 5.46. The number of nitrogens with one attached hydrogen (secondary N) is 1. The van der Waals surface area contributed by atoms with Crippen LogP contribution in [0.1, 0.15) is 15.9 Å². The second kappa shape index (κ2) is 9.76. The highest BCUT2D eigenvalue weighted by atomic mass is 35.5. The van der Waals surface area contributed by atoms with E-state index in [0.717, 1.165) is 0 Å². The molecule has 1 amide bonds. The summed E-state index contributed by atoms with van der Waals surface area (Å²) in [6.45, 7) is -0.184. The number of carbonyl (C=O) groups excluding carboxylic acids is 2. The van der Waals surface area contributed by atoms with Crippen molar-refractivity contribution in [2.24, 2.45) is 0 Å². The van der Waals surface area contributed by atoms with Crippen LogP contribution >= 0.6 is 11.6 Å². The molecule has 0 spiro atoms. The number of rotatable bonds is 7. The predicted molar refractivity (Wildman–Crippen MR) is 129 cm³/mol. The number of pyridine rings is 2. The Bertz CT molecular complexity index is 1450. The Morgan fingerprint density at radius 3 is 2.50 bits per heavy atom. The minimum Gasteiger partial charge on any atom is -0.497 e. The predicted octanol–water partition coefficient (Wildman–Crippen LogP) is 3.94. The van der Waals surface area contributed by atoms with Gasteiger partial charge in [0.15, 0.2) is 5.78 Å². The third-order valence-electron chi connectivity index (χ3n) is 5.23. The van der Waals surface area contributed by atoms with E-state index in [9.17, 15) is 14.4 Å². The molecule has 2 aromatic carbocycles. The lowest BCUT2D eigenvalue weighted by Crippen LogP contribution is -2.24. The fourth-order valence-electron chi connectivity index (χ4n) is 3.57. The van der Waals surface area contributed by atoms with E-state index >= 15 is 0 Å². The van der Waals surface area contributed by atoms with Crippen LogP contribution in [0.15, 0.2) is 71.9 Å². The second-order valence-electron chi connectivity index (χ2n) is 7.34. The van der Waals surface area contributed by atoms with Crippen molar-refractivity contribution in [3.05, 3.63) is 93.5 Å². The normalized spacial score (nSPS) is 10.7. The molecule has 1 N–H and O–H groups in total. The van der Waals surface area contributed by atoms with Gasteiger partial charge in [0.05, 0.1) is 31.0 Å². The average molecular weight is 478 g/mol. The molecule has 0 aliphatic carbocycles. The quantitative estimate of drug-likeness (QED) is 0.405. The molecule has 2 aromatic heterocycles. The van der Waals surface area contributed by atoms with Crippen LogP contribution in [0.2, 0.25) is 5.02 Å². The largest absolute Gasteiger partial charge is 0.497 e. The van der Waals surface area contributed by atoms with Gasteiger partial charge in [-0.2, -0.15) is 0 Å². The average Bonchev–Trinajstić information content (AvgIpc) is 2.85. The van der Waals surface area contributed by atoms with Crippen LogP contribution in [0.3, 0.4) is 0 Å². The summed E-state index contributed by atoms with van der Waals surface area (Å²) >= 11 is 6.06. The fourth-order valence-corrected chi connectivity index (χ4v) is 3.74. The van der Waals surface area contributed by atoms with E-state index in [1.54, 1.807) is 41.0 Å². The molecule has 0 saturated heterocycles. The van der Waals surface area contributed by atoms with Crippen LogP contribution in [0.25, 0.3) is 10.9 Å². The van der Waals surface area contributed by atoms with Gasteiger partial charge in [-0.05, 0) is 42.5 Å². The summed E-state index contributed by atoms with van der Waals surface area (Å²) in [5.74, 6) is 0.0787. The second-order valence-corrected chi connectivity index (χ2v) is 7.78. The number of nitrogens with zero attached hydrogens (tertiary/aromatic N) is 2. The van der Waals surface area contributed by atoms with Gasteiger partial charge in [0.25, 0.3) is 0 Å². The Hall–Kier alpha value is -4.17. The van der Waals surface area contributed by atoms with Gasteiger partial charge in [-0.1, -0.05) is 11.6 Å². The number of fused-ring (bicyclic) bond motifs is 1. The number of ketones is 1. The summed E-state index contributed by atoms with van der Waals surface area (Å²) in [5, 5.41) is 3.48. The molecule has 0 aliphatic rings. The van der Waals surface area contributed by atoms with Gasteiger partial charge in [0.1, 0.15) is 18.0 Å². The highest BCUT2D eigenvalue weighted by Crippen LogP contribution is 2.28. The number of aromatic nitrogens is 2. The van der Waals surface area contributed by atoms with Gasteiger partial charge in [0, 0.05) is 40.6 Å². The highest BCUT2D eigenvalue weighted by Gasteiger charge is 2.19. The standard InChI is InChI=1S/C25H20ClN3O5/c1-33-17-4-5-18-21(12-17)29(13-19(25(18)32)24(31)15-7-9-27-10-8-15)14-23(30)28-20-11-16(26)3-6-22(20)34-2/h3-13H,14H2,1-2H3,(H,28,30). The molecule has 8 nitrogen and oxygen atoms in total. The maximum Gasteiger partial charge on any atom is 0.244 e. The molecular formula is C25H20ClN3O5. The minimum absolute atomic E-state index is 0.0583. The van der Waals surface area contributed by atoms with Crippen LogP contribution in [0.5, 0.6) is 11.5 Å². The summed E-state index contributed by atoms with van der Waals surface area (Å²) in [6, 6.07) is 12.8. The van der Waals surface area contributed by atoms with Gasteiger partial charge in [0.2, 0.25) is 11.3 Å². The lowest BCUT2D eigenvalue weighted by Gasteiger charge is -2.15. The summed E-state index contributed by atoms with van der Waals surface area (Å²) in [5.41, 5.74) is 0.670. The van der Waals surface area contributed by atoms with Crippen molar-refractivity contribution in [2.45, 2.75) is 6.54 Å². The molecule has 0 saturated carbocycles. The first-order valence-corrected chi connectivity index (χ1v) is 10.6. The maximum atomic E-state index is 13.2. The van der Waals surface area contributed by atoms with Crippen LogP contribution in [-0.4, -0.2) is 35.5 Å². The molecule has 4 rings (SSSR count). The molecule has 2 heterocycles. The minimum atomic E-state index is -0.462. The van der Waals surface area contributed by atoms with E-state index < -0.39 is 17.1 Å². The van der Waals surface area contributed by atoms with Crippen molar-refractivity contribution in [1.82, 2.24) is 9.55 Å². The first-order valence-electron chi connectivity index (χ1n) is 10.2. The number of benzene rings is 2. The van der Waals surface area contributed by atoms with E-state index in [1.165, 1.54) is 44.9 Å². The van der Waals surface area contributed by atoms with E-state index in [4.69, 9.17) is 21.1 Å². The smallest absolute Gasteiger partial charge is 0.244 e. The molecule has 34 heavy (non-hydrogen) atoms. The number of carbonyl (C=O) groups is 2. The molecule has 9 heteroatoms. The van der Waals surface area contributed by atoms with Gasteiger partial charge in [-0.3, -0.25) is 19.4 Å². The van der Waals surface area contributed by atoms with Crippen molar-refractivity contribution >= 4 is 39.9 Å². The fraction of sp³-hybridized carbons (Fsp3) is 0.120. The Morgan fingerprint density at radius 1 is 1.03 bits per heavy atom. The number of methoxy groups -OCH3 is 2. The first-order chi connectivity index (χ1) is 16.4. The van der Waals surface area contributed by atoms with E-state index in [1.807, 2.05) is 0 Å². The van der Waals surface area contributed by atoms with Gasteiger partial charge >= 0.3 is 0 Å². The molecule has 0 aliphatic heterocycles. The van der Waals surface area contributed by atoms with Crippen LogP contribution in [0.4, 0.5) is 5.69 Å². The van der Waals surface area contributed by atoms with Gasteiger partial charge in [-0.25, -0.2) is 0 Å². The molecule has 0 fully saturated rings. The molecule has 0 bridgehead atoms. The van der Waals surface area contributed by atoms with Crippen LogP contribution in [-0.2, 0) is 11.3 Å². The number of hydrogen-bond acceptors (Lipinski definition) is 6. The first kappa shape index (κ1) is 23.0. The van der Waals surface area contributed by atoms with Crippen molar-refractivity contribution in [3.63, 3.8) is 0 Å². The SMILES string of the molecule is COc1ccc2c(=O)c(C(=O)c3ccncc3)cn(CC(=O)Nc3cc(Cl)ccc3OC)c2c1. The number of hydrogen-bond donors (Lipinski definition) is 1. The van der Waals surface area contributed by atoms with Crippen molar-refractivity contribution in [2.75, 3.05) is 19.5 Å². The highest BCUT2D eigenvalue weighted by molar-refractivity contribution is 6.31. The zero-order valence-corrected chi connectivity index (χ0v) is 19.1. The lowest BCUT2D eigenvalue weighted by atomic mass is 10.0. The lowest BCUT2D eigenvalue weighted by molar-refractivity contribution is -0.116. The van der Waals surface area contributed by atoms with E-state index in [0.29, 0.717) is 33.3 Å². The van der Waals surface area contributed by atoms with Crippen molar-refractivity contribution in [1.29, 1.82) is 0 Å². The summed E-state index contributed by atoms with van der Waals surface area (Å²) in [7, 11) is 2.99.